The van der Waals surface area contributed by atoms with E-state index >= 15 is 0 Å². The van der Waals surface area contributed by atoms with E-state index in [9.17, 15) is 9.59 Å². The van der Waals surface area contributed by atoms with Gasteiger partial charge in [-0.15, -0.1) is 11.3 Å². The van der Waals surface area contributed by atoms with Gasteiger partial charge in [-0.2, -0.15) is 0 Å². The average Bonchev–Trinajstić information content (AvgIpc) is 3.25. The largest absolute Gasteiger partial charge is 0.493 e. The first kappa shape index (κ1) is 22.7. The number of carbonyl (C=O) groups excluding carboxylic acids is 2. The fourth-order valence-corrected chi connectivity index (χ4v) is 4.59. The summed E-state index contributed by atoms with van der Waals surface area (Å²) in [5.41, 5.74) is 8.15. The number of urea groups is 1. The van der Waals surface area contributed by atoms with Gasteiger partial charge in [-0.3, -0.25) is 4.79 Å². The maximum Gasteiger partial charge on any atom is 0.322 e. The molecule has 9 nitrogen and oxygen atoms in total. The van der Waals surface area contributed by atoms with Gasteiger partial charge in [-0.05, 0) is 30.3 Å². The Kier molecular flexibility index (Phi) is 6.57. The summed E-state index contributed by atoms with van der Waals surface area (Å²) in [4.78, 5) is 32.5. The molecule has 0 saturated carbocycles. The van der Waals surface area contributed by atoms with Crippen molar-refractivity contribution in [2.24, 2.45) is 0 Å². The molecular weight excluding hydrogens is 466 g/mol. The molecule has 2 aromatic carbocycles. The summed E-state index contributed by atoms with van der Waals surface area (Å²) in [5, 5.41) is 6.39. The Hall–Kier alpha value is -3.50. The van der Waals surface area contributed by atoms with Crippen LogP contribution in [0.25, 0.3) is 0 Å². The van der Waals surface area contributed by atoms with Crippen LogP contribution in [0.3, 0.4) is 0 Å². The molecule has 1 aliphatic rings. The Bertz CT molecular complexity index is 1220. The standard InChI is InChI=1S/C22H22ClN5O4S/c1-31-17-6-4-13(10-18(17)32-2)25-22(30)28-8-7-15-19(11-28)33-21(27-15)20(29)26-16-9-12(23)3-5-14(16)24/h3-6,9-10H,7-8,11,24H2,1-2H3,(H,25,30)(H,26,29). The van der Waals surface area contributed by atoms with Crippen LogP contribution in [0.5, 0.6) is 11.5 Å². The van der Waals surface area contributed by atoms with E-state index in [0.717, 1.165) is 10.6 Å². The number of fused-ring (bicyclic) bond motifs is 1. The zero-order chi connectivity index (χ0) is 23.5. The van der Waals surface area contributed by atoms with E-state index in [1.165, 1.54) is 18.4 Å². The predicted molar refractivity (Wildman–Crippen MR) is 129 cm³/mol. The number of anilines is 3. The Labute approximate surface area is 199 Å². The number of hydrogen-bond donors (Lipinski definition) is 3. The minimum atomic E-state index is -0.371. The molecule has 0 atom stereocenters. The van der Waals surface area contributed by atoms with Crippen molar-refractivity contribution >= 4 is 51.9 Å². The molecule has 0 spiro atoms. The highest BCUT2D eigenvalue weighted by Gasteiger charge is 2.26. The first-order valence-electron chi connectivity index (χ1n) is 10.0. The van der Waals surface area contributed by atoms with E-state index in [1.54, 1.807) is 48.4 Å². The van der Waals surface area contributed by atoms with Crippen LogP contribution in [0, 0.1) is 0 Å². The summed E-state index contributed by atoms with van der Waals surface area (Å²) >= 11 is 7.24. The van der Waals surface area contributed by atoms with Crippen LogP contribution >= 0.6 is 22.9 Å². The number of carbonyl (C=O) groups is 2. The Balaban J connectivity index is 1.43. The van der Waals surface area contributed by atoms with Gasteiger partial charge in [0.15, 0.2) is 16.5 Å². The van der Waals surface area contributed by atoms with Crippen LogP contribution in [0.1, 0.15) is 20.4 Å². The minimum Gasteiger partial charge on any atom is -0.493 e. The van der Waals surface area contributed by atoms with Crippen molar-refractivity contribution in [1.82, 2.24) is 9.88 Å². The van der Waals surface area contributed by atoms with Gasteiger partial charge in [0.2, 0.25) is 0 Å². The summed E-state index contributed by atoms with van der Waals surface area (Å²) in [5.74, 6) is 0.729. The van der Waals surface area contributed by atoms with E-state index < -0.39 is 0 Å². The number of amides is 3. The highest BCUT2D eigenvalue weighted by Crippen LogP contribution is 2.31. The molecule has 1 aromatic heterocycles. The number of rotatable bonds is 5. The SMILES string of the molecule is COc1ccc(NC(=O)N2CCc3nc(C(=O)Nc4cc(Cl)ccc4N)sc3C2)cc1OC. The molecular formula is C22H22ClN5O4S. The lowest BCUT2D eigenvalue weighted by Crippen LogP contribution is -2.38. The van der Waals surface area contributed by atoms with Crippen LogP contribution in [0.4, 0.5) is 21.9 Å². The van der Waals surface area contributed by atoms with Crippen molar-refractivity contribution in [2.45, 2.75) is 13.0 Å². The van der Waals surface area contributed by atoms with Gasteiger partial charge < -0.3 is 30.7 Å². The number of ether oxygens (including phenoxy) is 2. The molecule has 2 heterocycles. The first-order valence-corrected chi connectivity index (χ1v) is 11.2. The summed E-state index contributed by atoms with van der Waals surface area (Å²) in [6.07, 6.45) is 0.553. The maximum absolute atomic E-state index is 12.8. The quantitative estimate of drug-likeness (QED) is 0.463. The van der Waals surface area contributed by atoms with Crippen molar-refractivity contribution in [3.05, 3.63) is 57.0 Å². The van der Waals surface area contributed by atoms with Crippen molar-refractivity contribution in [3.63, 3.8) is 0 Å². The molecule has 4 rings (SSSR count). The van der Waals surface area contributed by atoms with Gasteiger partial charge in [0.25, 0.3) is 5.91 Å². The van der Waals surface area contributed by atoms with Crippen molar-refractivity contribution in [3.8, 4) is 11.5 Å². The van der Waals surface area contributed by atoms with Crippen LogP contribution in [0.2, 0.25) is 5.02 Å². The molecule has 0 bridgehead atoms. The van der Waals surface area contributed by atoms with Crippen LogP contribution in [-0.2, 0) is 13.0 Å². The molecule has 0 radical (unpaired) electrons. The predicted octanol–water partition coefficient (Wildman–Crippen LogP) is 4.24. The van der Waals surface area contributed by atoms with Crippen molar-refractivity contribution < 1.29 is 19.1 Å². The van der Waals surface area contributed by atoms with Crippen LogP contribution in [-0.4, -0.2) is 42.6 Å². The summed E-state index contributed by atoms with van der Waals surface area (Å²) in [6, 6.07) is 9.77. The highest BCUT2D eigenvalue weighted by molar-refractivity contribution is 7.13. The summed E-state index contributed by atoms with van der Waals surface area (Å²) in [6.45, 7) is 0.844. The zero-order valence-corrected chi connectivity index (χ0v) is 19.5. The lowest BCUT2D eigenvalue weighted by atomic mass is 10.2. The Morgan fingerprint density at radius 1 is 1.12 bits per heavy atom. The van der Waals surface area contributed by atoms with Crippen molar-refractivity contribution in [2.75, 3.05) is 37.1 Å². The molecule has 3 amide bonds. The maximum atomic E-state index is 12.8. The van der Waals surface area contributed by atoms with Gasteiger partial charge in [0.1, 0.15) is 0 Å². The number of nitrogens with two attached hydrogens (primary N) is 1. The first-order chi connectivity index (χ1) is 15.9. The normalized spacial score (nSPS) is 12.6. The summed E-state index contributed by atoms with van der Waals surface area (Å²) < 4.78 is 10.5. The number of nitrogens with zero attached hydrogens (tertiary/aromatic N) is 2. The van der Waals surface area contributed by atoms with Gasteiger partial charge >= 0.3 is 6.03 Å². The molecule has 0 fully saturated rings. The molecule has 33 heavy (non-hydrogen) atoms. The lowest BCUT2D eigenvalue weighted by molar-refractivity contribution is 0.102. The van der Waals surface area contributed by atoms with E-state index in [2.05, 4.69) is 15.6 Å². The second kappa shape index (κ2) is 9.55. The third kappa shape index (κ3) is 4.96. The molecule has 3 aromatic rings. The number of benzene rings is 2. The molecule has 4 N–H and O–H groups in total. The van der Waals surface area contributed by atoms with E-state index in [0.29, 0.717) is 58.1 Å². The van der Waals surface area contributed by atoms with E-state index in [1.807, 2.05) is 0 Å². The molecule has 11 heteroatoms. The second-order valence-corrected chi connectivity index (χ2v) is 8.77. The smallest absolute Gasteiger partial charge is 0.322 e. The van der Waals surface area contributed by atoms with Crippen LogP contribution < -0.4 is 25.8 Å². The number of methoxy groups -OCH3 is 2. The third-order valence-corrected chi connectivity index (χ3v) is 6.43. The molecule has 0 aliphatic carbocycles. The third-order valence-electron chi connectivity index (χ3n) is 5.11. The topological polar surface area (TPSA) is 119 Å². The van der Waals surface area contributed by atoms with Crippen LogP contribution in [0.15, 0.2) is 36.4 Å². The summed E-state index contributed by atoms with van der Waals surface area (Å²) in [7, 11) is 3.09. The molecule has 1 aliphatic heterocycles. The fourth-order valence-electron chi connectivity index (χ4n) is 3.39. The van der Waals surface area contributed by atoms with Gasteiger partial charge in [0, 0.05) is 34.6 Å². The number of thiazole rings is 1. The average molecular weight is 488 g/mol. The number of nitrogen functional groups attached to an aromatic ring is 1. The highest BCUT2D eigenvalue weighted by atomic mass is 35.5. The van der Waals surface area contributed by atoms with E-state index in [4.69, 9.17) is 26.8 Å². The zero-order valence-electron chi connectivity index (χ0n) is 18.0. The van der Waals surface area contributed by atoms with Gasteiger partial charge in [-0.1, -0.05) is 11.6 Å². The van der Waals surface area contributed by atoms with Gasteiger partial charge in [0.05, 0.1) is 37.8 Å². The van der Waals surface area contributed by atoms with Crippen molar-refractivity contribution in [1.29, 1.82) is 0 Å². The minimum absolute atomic E-state index is 0.251. The molecule has 172 valence electrons. The Morgan fingerprint density at radius 2 is 1.91 bits per heavy atom. The van der Waals surface area contributed by atoms with E-state index in [-0.39, 0.29) is 11.9 Å². The molecule has 0 saturated heterocycles. The number of nitrogens with one attached hydrogen (secondary N) is 2. The van der Waals surface area contributed by atoms with Gasteiger partial charge in [-0.25, -0.2) is 9.78 Å². The Morgan fingerprint density at radius 3 is 2.67 bits per heavy atom. The lowest BCUT2D eigenvalue weighted by Gasteiger charge is -2.26. The molecule has 0 unspecified atom stereocenters. The number of aromatic nitrogens is 1. The fraction of sp³-hybridized carbons (Fsp3) is 0.227. The number of hydrogen-bond acceptors (Lipinski definition) is 7. The monoisotopic (exact) mass is 487 g/mol. The second-order valence-electron chi connectivity index (χ2n) is 7.25. The number of halogens is 1.